The highest BCUT2D eigenvalue weighted by atomic mass is 35.5. The van der Waals surface area contributed by atoms with Gasteiger partial charge in [0.25, 0.3) is 0 Å². The van der Waals surface area contributed by atoms with Crippen molar-refractivity contribution in [3.05, 3.63) is 64.7 Å². The Morgan fingerprint density at radius 1 is 1.00 bits per heavy atom. The topological polar surface area (TPSA) is 12.0 Å². The number of rotatable bonds is 4. The summed E-state index contributed by atoms with van der Waals surface area (Å²) < 4.78 is 0. The molecule has 0 bridgehead atoms. The fourth-order valence-electron chi connectivity index (χ4n) is 2.20. The number of aryl methyl sites for hydroxylation is 1. The molecule has 0 saturated carbocycles. The molecule has 2 aromatic carbocycles. The van der Waals surface area contributed by atoms with E-state index in [1.807, 2.05) is 19.1 Å². The molecule has 1 unspecified atom stereocenters. The molecule has 0 aliphatic carbocycles. The molecule has 0 heterocycles. The van der Waals surface area contributed by atoms with Gasteiger partial charge in [0.05, 0.1) is 16.8 Å². The Morgan fingerprint density at radius 3 is 2.26 bits per heavy atom. The number of nitrogens with one attached hydrogen (secondary N) is 1. The zero-order valence-corrected chi connectivity index (χ0v) is 12.4. The molecule has 0 spiro atoms. The second-order valence-electron chi connectivity index (χ2n) is 5.26. The van der Waals surface area contributed by atoms with Crippen molar-refractivity contribution in [2.45, 2.75) is 26.8 Å². The largest absolute Gasteiger partial charge is 0.377 e. The van der Waals surface area contributed by atoms with Gasteiger partial charge in [0, 0.05) is 0 Å². The Morgan fingerprint density at radius 2 is 1.68 bits per heavy atom. The number of halogens is 1. The van der Waals surface area contributed by atoms with Crippen molar-refractivity contribution in [2.24, 2.45) is 5.92 Å². The number of hydrogen-bond donors (Lipinski definition) is 1. The van der Waals surface area contributed by atoms with E-state index in [9.17, 15) is 0 Å². The molecule has 0 fully saturated rings. The van der Waals surface area contributed by atoms with E-state index in [4.69, 9.17) is 11.6 Å². The van der Waals surface area contributed by atoms with Crippen LogP contribution >= 0.6 is 11.6 Å². The summed E-state index contributed by atoms with van der Waals surface area (Å²) in [6, 6.07) is 16.9. The van der Waals surface area contributed by atoms with Crippen LogP contribution in [0.15, 0.2) is 48.5 Å². The lowest BCUT2D eigenvalue weighted by atomic mass is 9.95. The van der Waals surface area contributed by atoms with Gasteiger partial charge in [-0.1, -0.05) is 61.8 Å². The quantitative estimate of drug-likeness (QED) is 0.780. The van der Waals surface area contributed by atoms with E-state index in [0.29, 0.717) is 5.92 Å². The van der Waals surface area contributed by atoms with Crippen molar-refractivity contribution in [2.75, 3.05) is 5.32 Å². The van der Waals surface area contributed by atoms with Crippen LogP contribution in [0, 0.1) is 12.8 Å². The Labute approximate surface area is 120 Å². The Bertz CT molecular complexity index is 534. The standard InChI is InChI=1S/C17H20ClN/c1-12(2)17(14-7-5-4-6-8-14)19-16-10-9-13(3)11-15(16)18/h4-12,17,19H,1-3H3. The fourth-order valence-corrected chi connectivity index (χ4v) is 2.49. The predicted molar refractivity (Wildman–Crippen MR) is 83.8 cm³/mol. The van der Waals surface area contributed by atoms with Crippen LogP contribution in [-0.2, 0) is 0 Å². The zero-order chi connectivity index (χ0) is 13.8. The molecule has 2 aromatic rings. The lowest BCUT2D eigenvalue weighted by Gasteiger charge is -2.24. The third-order valence-electron chi connectivity index (χ3n) is 3.26. The van der Waals surface area contributed by atoms with Crippen molar-refractivity contribution in [3.8, 4) is 0 Å². The monoisotopic (exact) mass is 273 g/mol. The van der Waals surface area contributed by atoms with E-state index in [2.05, 4.69) is 55.6 Å². The number of hydrogen-bond acceptors (Lipinski definition) is 1. The normalized spacial score (nSPS) is 12.5. The molecule has 2 heteroatoms. The van der Waals surface area contributed by atoms with Crippen molar-refractivity contribution >= 4 is 17.3 Å². The molecule has 0 amide bonds. The first-order valence-electron chi connectivity index (χ1n) is 6.65. The van der Waals surface area contributed by atoms with Gasteiger partial charge < -0.3 is 5.32 Å². The molecule has 0 aliphatic rings. The van der Waals surface area contributed by atoms with Gasteiger partial charge in [-0.3, -0.25) is 0 Å². The van der Waals surface area contributed by atoms with Crippen LogP contribution in [0.1, 0.15) is 31.0 Å². The highest BCUT2D eigenvalue weighted by molar-refractivity contribution is 6.33. The van der Waals surface area contributed by atoms with Crippen LogP contribution in [0.5, 0.6) is 0 Å². The third-order valence-corrected chi connectivity index (χ3v) is 3.57. The Hall–Kier alpha value is -1.47. The highest BCUT2D eigenvalue weighted by Gasteiger charge is 2.16. The summed E-state index contributed by atoms with van der Waals surface area (Å²) in [5.41, 5.74) is 3.46. The molecule has 0 aliphatic heterocycles. The maximum atomic E-state index is 6.30. The minimum atomic E-state index is 0.265. The summed E-state index contributed by atoms with van der Waals surface area (Å²) in [6.07, 6.45) is 0. The number of anilines is 1. The molecule has 0 aromatic heterocycles. The van der Waals surface area contributed by atoms with Crippen molar-refractivity contribution in [1.82, 2.24) is 0 Å². The van der Waals surface area contributed by atoms with Crippen LogP contribution in [-0.4, -0.2) is 0 Å². The summed E-state index contributed by atoms with van der Waals surface area (Å²) in [5, 5.41) is 4.34. The van der Waals surface area contributed by atoms with Gasteiger partial charge >= 0.3 is 0 Å². The maximum Gasteiger partial charge on any atom is 0.0640 e. The van der Waals surface area contributed by atoms with Crippen LogP contribution in [0.4, 0.5) is 5.69 Å². The van der Waals surface area contributed by atoms with Crippen LogP contribution in [0.3, 0.4) is 0 Å². The summed E-state index contributed by atoms with van der Waals surface area (Å²) in [6.45, 7) is 6.48. The van der Waals surface area contributed by atoms with Crippen LogP contribution in [0.25, 0.3) is 0 Å². The molecule has 19 heavy (non-hydrogen) atoms. The first kappa shape index (κ1) is 14.0. The van der Waals surface area contributed by atoms with Crippen molar-refractivity contribution in [1.29, 1.82) is 0 Å². The molecule has 100 valence electrons. The summed E-state index contributed by atoms with van der Waals surface area (Å²) in [5.74, 6) is 0.486. The van der Waals surface area contributed by atoms with Gasteiger partial charge in [-0.15, -0.1) is 0 Å². The molecule has 2 rings (SSSR count). The average Bonchev–Trinajstić information content (AvgIpc) is 2.38. The van der Waals surface area contributed by atoms with Gasteiger partial charge in [0.2, 0.25) is 0 Å². The smallest absolute Gasteiger partial charge is 0.0640 e. The molecule has 0 saturated heterocycles. The van der Waals surface area contributed by atoms with Gasteiger partial charge in [-0.2, -0.15) is 0 Å². The van der Waals surface area contributed by atoms with E-state index in [1.54, 1.807) is 0 Å². The fraction of sp³-hybridized carbons (Fsp3) is 0.294. The summed E-state index contributed by atoms with van der Waals surface area (Å²) in [7, 11) is 0. The first-order chi connectivity index (χ1) is 9.08. The van der Waals surface area contributed by atoms with Crippen LogP contribution < -0.4 is 5.32 Å². The van der Waals surface area contributed by atoms with Gasteiger partial charge in [0.1, 0.15) is 0 Å². The minimum absolute atomic E-state index is 0.265. The lowest BCUT2D eigenvalue weighted by Crippen LogP contribution is -2.16. The first-order valence-corrected chi connectivity index (χ1v) is 7.03. The van der Waals surface area contributed by atoms with E-state index in [-0.39, 0.29) is 6.04 Å². The molecular weight excluding hydrogens is 254 g/mol. The predicted octanol–water partition coefficient (Wildman–Crippen LogP) is 5.46. The van der Waals surface area contributed by atoms with E-state index in [1.165, 1.54) is 11.1 Å². The third kappa shape index (κ3) is 3.51. The van der Waals surface area contributed by atoms with Gasteiger partial charge in [-0.25, -0.2) is 0 Å². The summed E-state index contributed by atoms with van der Waals surface area (Å²) >= 11 is 6.30. The number of benzene rings is 2. The Kier molecular flexibility index (Phi) is 4.49. The van der Waals surface area contributed by atoms with Gasteiger partial charge in [-0.05, 0) is 36.1 Å². The van der Waals surface area contributed by atoms with Crippen LogP contribution in [0.2, 0.25) is 5.02 Å². The molecule has 1 N–H and O–H groups in total. The minimum Gasteiger partial charge on any atom is -0.377 e. The molecule has 1 nitrogen and oxygen atoms in total. The summed E-state index contributed by atoms with van der Waals surface area (Å²) in [4.78, 5) is 0. The van der Waals surface area contributed by atoms with E-state index < -0.39 is 0 Å². The van der Waals surface area contributed by atoms with E-state index in [0.717, 1.165) is 10.7 Å². The van der Waals surface area contributed by atoms with Crippen molar-refractivity contribution < 1.29 is 0 Å². The second kappa shape index (κ2) is 6.12. The lowest BCUT2D eigenvalue weighted by molar-refractivity contribution is 0.546. The maximum absolute atomic E-state index is 6.30. The molecule has 1 atom stereocenters. The molecular formula is C17H20ClN. The average molecular weight is 274 g/mol. The van der Waals surface area contributed by atoms with Crippen molar-refractivity contribution in [3.63, 3.8) is 0 Å². The molecule has 0 radical (unpaired) electrons. The Balaban J connectivity index is 2.27. The zero-order valence-electron chi connectivity index (χ0n) is 11.7. The van der Waals surface area contributed by atoms with Gasteiger partial charge in [0.15, 0.2) is 0 Å². The second-order valence-corrected chi connectivity index (χ2v) is 5.67. The highest BCUT2D eigenvalue weighted by Crippen LogP contribution is 2.30. The van der Waals surface area contributed by atoms with E-state index >= 15 is 0 Å². The SMILES string of the molecule is Cc1ccc(NC(c2ccccc2)C(C)C)c(Cl)c1.